The molecule has 0 N–H and O–H groups in total. The van der Waals surface area contributed by atoms with Crippen LogP contribution in [0.15, 0.2) is 0 Å². The van der Waals surface area contributed by atoms with E-state index in [4.69, 9.17) is 0 Å². The first-order valence-corrected chi connectivity index (χ1v) is 11.2. The van der Waals surface area contributed by atoms with Crippen molar-refractivity contribution in [2.24, 2.45) is 46.3 Å². The van der Waals surface area contributed by atoms with E-state index in [2.05, 4.69) is 20.8 Å². The van der Waals surface area contributed by atoms with E-state index in [0.717, 1.165) is 30.1 Å². The minimum Gasteiger partial charge on any atom is -0.171 e. The maximum absolute atomic E-state index is 12.8. The molecule has 8 atom stereocenters. The fraction of sp³-hybridized carbons (Fsp3) is 1.00. The van der Waals surface area contributed by atoms with Crippen molar-refractivity contribution in [3.63, 3.8) is 0 Å². The fourth-order valence-electron chi connectivity index (χ4n) is 8.39. The third kappa shape index (κ3) is 3.04. The molecule has 4 rings (SSSR count). The van der Waals surface area contributed by atoms with Gasteiger partial charge in [0.05, 0.1) is 0 Å². The number of alkyl halides is 3. The van der Waals surface area contributed by atoms with Gasteiger partial charge in [-0.3, -0.25) is 0 Å². The Bertz CT molecular complexity index is 526. The van der Waals surface area contributed by atoms with Crippen LogP contribution >= 0.6 is 0 Å². The molecule has 4 saturated carbocycles. The Morgan fingerprint density at radius 2 is 1.54 bits per heavy atom. The summed E-state index contributed by atoms with van der Waals surface area (Å²) >= 11 is 0. The van der Waals surface area contributed by atoms with Crippen LogP contribution in [-0.4, -0.2) is 6.18 Å². The Morgan fingerprint density at radius 3 is 2.27 bits per heavy atom. The summed E-state index contributed by atoms with van der Waals surface area (Å²) in [6.07, 6.45) is 7.40. The normalized spacial score (nSPS) is 51.5. The summed E-state index contributed by atoms with van der Waals surface area (Å²) in [6, 6.07) is 0. The van der Waals surface area contributed by atoms with Crippen molar-refractivity contribution in [3.05, 3.63) is 0 Å². The van der Waals surface area contributed by atoms with E-state index in [9.17, 15) is 13.2 Å². The summed E-state index contributed by atoms with van der Waals surface area (Å²) in [5.41, 5.74) is 0.693. The highest BCUT2D eigenvalue weighted by atomic mass is 19.4. The van der Waals surface area contributed by atoms with Gasteiger partial charge in [0, 0.05) is 6.42 Å². The van der Waals surface area contributed by atoms with Crippen LogP contribution in [0, 0.1) is 46.3 Å². The summed E-state index contributed by atoms with van der Waals surface area (Å²) in [5.74, 6) is 4.41. The second-order valence-corrected chi connectivity index (χ2v) is 11.0. The topological polar surface area (TPSA) is 0 Å². The van der Waals surface area contributed by atoms with Gasteiger partial charge in [-0.15, -0.1) is 0 Å². The maximum Gasteiger partial charge on any atom is 0.389 e. The predicted octanol–water partition coefficient (Wildman–Crippen LogP) is 7.62. The first kappa shape index (κ1) is 19.1. The smallest absolute Gasteiger partial charge is 0.171 e. The van der Waals surface area contributed by atoms with Gasteiger partial charge in [0.15, 0.2) is 0 Å². The molecule has 0 amide bonds. The minimum atomic E-state index is -3.99. The molecule has 0 aliphatic heterocycles. The molecule has 0 bridgehead atoms. The van der Waals surface area contributed by atoms with Gasteiger partial charge in [-0.25, -0.2) is 0 Å². The Kier molecular flexibility index (Phi) is 4.71. The molecule has 0 radical (unpaired) electrons. The summed E-state index contributed by atoms with van der Waals surface area (Å²) in [5, 5.41) is 0. The third-order valence-electron chi connectivity index (χ3n) is 9.90. The molecule has 4 aliphatic rings. The number of fused-ring (bicyclic) bond motifs is 5. The van der Waals surface area contributed by atoms with Crippen molar-refractivity contribution in [2.45, 2.75) is 97.6 Å². The second-order valence-electron chi connectivity index (χ2n) is 11.0. The first-order chi connectivity index (χ1) is 12.1. The van der Waals surface area contributed by atoms with E-state index < -0.39 is 12.6 Å². The molecule has 0 heterocycles. The zero-order valence-electron chi connectivity index (χ0n) is 16.9. The van der Waals surface area contributed by atoms with E-state index in [1.807, 2.05) is 0 Å². The van der Waals surface area contributed by atoms with Gasteiger partial charge in [-0.2, -0.15) is 13.2 Å². The lowest BCUT2D eigenvalue weighted by molar-refractivity contribution is -0.144. The summed E-state index contributed by atoms with van der Waals surface area (Å²) in [7, 11) is 0. The van der Waals surface area contributed by atoms with Gasteiger partial charge in [0.1, 0.15) is 0 Å². The van der Waals surface area contributed by atoms with Gasteiger partial charge in [-0.1, -0.05) is 27.2 Å². The highest BCUT2D eigenvalue weighted by Crippen LogP contribution is 2.68. The molecule has 4 aliphatic carbocycles. The van der Waals surface area contributed by atoms with Crippen LogP contribution in [0.2, 0.25) is 0 Å². The molecule has 0 aromatic carbocycles. The van der Waals surface area contributed by atoms with Crippen LogP contribution in [0.5, 0.6) is 0 Å². The highest BCUT2D eigenvalue weighted by molar-refractivity contribution is 5.09. The van der Waals surface area contributed by atoms with Crippen molar-refractivity contribution in [2.75, 3.05) is 0 Å². The van der Waals surface area contributed by atoms with E-state index in [-0.39, 0.29) is 5.41 Å². The number of rotatable bonds is 2. The molecule has 0 aromatic heterocycles. The average molecular weight is 371 g/mol. The molecule has 0 aromatic rings. The van der Waals surface area contributed by atoms with Crippen LogP contribution in [0.3, 0.4) is 0 Å². The SMILES string of the molecule is CC1CCC2(C)C(CCC3C4CCC(CCC(F)(F)F)C4(C)CCC32)C1. The van der Waals surface area contributed by atoms with Crippen molar-refractivity contribution >= 4 is 0 Å². The molecule has 8 unspecified atom stereocenters. The van der Waals surface area contributed by atoms with E-state index >= 15 is 0 Å². The molecule has 0 saturated heterocycles. The number of hydrogen-bond donors (Lipinski definition) is 0. The molecular formula is C23H37F3. The van der Waals surface area contributed by atoms with Gasteiger partial charge in [0.25, 0.3) is 0 Å². The minimum absolute atomic E-state index is 0.178. The number of hydrogen-bond acceptors (Lipinski definition) is 0. The lowest BCUT2D eigenvalue weighted by Crippen LogP contribution is -2.53. The zero-order valence-corrected chi connectivity index (χ0v) is 16.9. The van der Waals surface area contributed by atoms with Gasteiger partial charge >= 0.3 is 6.18 Å². The molecular weight excluding hydrogens is 333 g/mol. The summed E-state index contributed by atoms with van der Waals surface area (Å²) in [4.78, 5) is 0. The van der Waals surface area contributed by atoms with Crippen molar-refractivity contribution < 1.29 is 13.2 Å². The van der Waals surface area contributed by atoms with Crippen molar-refractivity contribution in [3.8, 4) is 0 Å². The van der Waals surface area contributed by atoms with E-state index in [1.165, 1.54) is 51.4 Å². The third-order valence-corrected chi connectivity index (χ3v) is 9.90. The molecule has 4 fully saturated rings. The molecule has 3 heteroatoms. The lowest BCUT2D eigenvalue weighted by Gasteiger charge is -2.61. The molecule has 150 valence electrons. The quantitative estimate of drug-likeness (QED) is 0.469. The molecule has 26 heavy (non-hydrogen) atoms. The standard InChI is InChI=1S/C23H37F3/c1-15-8-11-22(3)17(14-15)4-6-18-19-7-5-16(9-13-23(24,25)26)21(19,2)12-10-20(18)22/h15-20H,4-14H2,1-3H3. The lowest BCUT2D eigenvalue weighted by atomic mass is 9.44. The Balaban J connectivity index is 1.51. The summed E-state index contributed by atoms with van der Waals surface area (Å²) < 4.78 is 38.4. The van der Waals surface area contributed by atoms with Crippen LogP contribution in [0.1, 0.15) is 91.4 Å². The van der Waals surface area contributed by atoms with Crippen LogP contribution in [-0.2, 0) is 0 Å². The Hall–Kier alpha value is -0.210. The summed E-state index contributed by atoms with van der Waals surface area (Å²) in [6.45, 7) is 7.37. The van der Waals surface area contributed by atoms with E-state index in [1.54, 1.807) is 0 Å². The Labute approximate surface area is 157 Å². The van der Waals surface area contributed by atoms with Crippen molar-refractivity contribution in [1.82, 2.24) is 0 Å². The fourth-order valence-corrected chi connectivity index (χ4v) is 8.39. The van der Waals surface area contributed by atoms with Gasteiger partial charge in [-0.05, 0) is 104 Å². The van der Waals surface area contributed by atoms with Crippen LogP contribution < -0.4 is 0 Å². The maximum atomic E-state index is 12.8. The Morgan fingerprint density at radius 1 is 0.846 bits per heavy atom. The van der Waals surface area contributed by atoms with Crippen LogP contribution in [0.4, 0.5) is 13.2 Å². The van der Waals surface area contributed by atoms with Gasteiger partial charge in [0.2, 0.25) is 0 Å². The largest absolute Gasteiger partial charge is 0.389 e. The van der Waals surface area contributed by atoms with Crippen molar-refractivity contribution in [1.29, 1.82) is 0 Å². The van der Waals surface area contributed by atoms with Gasteiger partial charge < -0.3 is 0 Å². The second kappa shape index (κ2) is 6.41. The molecule has 0 nitrogen and oxygen atoms in total. The predicted molar refractivity (Wildman–Crippen MR) is 99.7 cm³/mol. The monoisotopic (exact) mass is 370 g/mol. The van der Waals surface area contributed by atoms with Crippen LogP contribution in [0.25, 0.3) is 0 Å². The highest BCUT2D eigenvalue weighted by Gasteiger charge is 2.59. The van der Waals surface area contributed by atoms with E-state index in [0.29, 0.717) is 23.7 Å². The number of halogens is 3. The zero-order chi connectivity index (χ0) is 18.7. The average Bonchev–Trinajstić information content (AvgIpc) is 2.89. The molecule has 0 spiro atoms. The first-order valence-electron chi connectivity index (χ1n) is 11.2.